The molecule has 2 aromatic carbocycles. The van der Waals surface area contributed by atoms with Crippen LogP contribution in [0, 0.1) is 0 Å². The summed E-state index contributed by atoms with van der Waals surface area (Å²) in [4.78, 5) is 15.3. The second-order valence-corrected chi connectivity index (χ2v) is 12.1. The Morgan fingerprint density at radius 2 is 1.95 bits per heavy atom. The lowest BCUT2D eigenvalue weighted by molar-refractivity contribution is 0.0677. The van der Waals surface area contributed by atoms with Crippen molar-refractivity contribution in [3.63, 3.8) is 0 Å². The van der Waals surface area contributed by atoms with Gasteiger partial charge in [-0.3, -0.25) is 9.89 Å². The number of unbranched alkanes of at least 4 members (excludes halogenated alkanes) is 3. The van der Waals surface area contributed by atoms with Crippen molar-refractivity contribution in [1.82, 2.24) is 15.1 Å². The number of aromatic hydroxyl groups is 1. The van der Waals surface area contributed by atoms with E-state index in [1.165, 1.54) is 0 Å². The number of hydrogen-bond donors (Lipinski definition) is 2. The van der Waals surface area contributed by atoms with Crippen LogP contribution in [-0.2, 0) is 9.84 Å². The number of phenols is 1. The zero-order valence-electron chi connectivity index (χ0n) is 21.6. The number of amides is 1. The summed E-state index contributed by atoms with van der Waals surface area (Å²) in [6.45, 7) is 2.74. The van der Waals surface area contributed by atoms with Gasteiger partial charge in [-0.15, -0.1) is 0 Å². The number of phenolic OH excluding ortho intramolecular Hbond substituents is 1. The van der Waals surface area contributed by atoms with Crippen molar-refractivity contribution in [3.05, 3.63) is 59.3 Å². The van der Waals surface area contributed by atoms with E-state index in [2.05, 4.69) is 17.1 Å². The van der Waals surface area contributed by atoms with E-state index in [9.17, 15) is 18.3 Å². The summed E-state index contributed by atoms with van der Waals surface area (Å²) < 4.78 is 36.4. The summed E-state index contributed by atoms with van der Waals surface area (Å²) in [5, 5.41) is 17.8. The van der Waals surface area contributed by atoms with Gasteiger partial charge in [-0.2, -0.15) is 5.10 Å². The quantitative estimate of drug-likeness (QED) is 0.364. The minimum Gasteiger partial charge on any atom is -0.507 e. The van der Waals surface area contributed by atoms with Gasteiger partial charge in [0.05, 0.1) is 31.3 Å². The van der Waals surface area contributed by atoms with Crippen LogP contribution in [0.2, 0.25) is 0 Å². The number of nitrogens with zero attached hydrogens (tertiary/aromatic N) is 2. The van der Waals surface area contributed by atoms with Crippen molar-refractivity contribution in [2.24, 2.45) is 0 Å². The molecule has 0 bridgehead atoms. The third-order valence-corrected chi connectivity index (χ3v) is 9.07. The molecule has 2 aliphatic rings. The summed E-state index contributed by atoms with van der Waals surface area (Å²) in [7, 11) is -1.67. The lowest BCUT2D eigenvalue weighted by atomic mass is 9.94. The Balaban J connectivity index is 1.56. The summed E-state index contributed by atoms with van der Waals surface area (Å²) in [5.41, 5.74) is 2.59. The van der Waals surface area contributed by atoms with Crippen molar-refractivity contribution < 1.29 is 27.8 Å². The minimum absolute atomic E-state index is 0.0410. The standard InChI is InChI=1S/C28H33N3O6S/c1-3-4-5-8-14-37-22-12-11-18(16-23(22)36-2)27-24-25(20-9-6-7-10-21(20)32)29-30-26(24)28(33)31(27)19-13-15-38(34,35)17-19/h6-7,9-12,16,19,27,32H,3-5,8,13-15,17H2,1-2H3,(H,29,30). The van der Waals surface area contributed by atoms with Crippen LogP contribution in [-0.4, -0.2) is 65.8 Å². The second kappa shape index (κ2) is 10.7. The van der Waals surface area contributed by atoms with Crippen LogP contribution in [0.4, 0.5) is 0 Å². The number of nitrogens with one attached hydrogen (secondary N) is 1. The Morgan fingerprint density at radius 1 is 1.13 bits per heavy atom. The van der Waals surface area contributed by atoms with Crippen molar-refractivity contribution in [2.75, 3.05) is 25.2 Å². The number of benzene rings is 2. The van der Waals surface area contributed by atoms with E-state index in [0.717, 1.165) is 31.2 Å². The highest BCUT2D eigenvalue weighted by Gasteiger charge is 2.48. The van der Waals surface area contributed by atoms with Crippen LogP contribution >= 0.6 is 0 Å². The molecular formula is C28H33N3O6S. The SMILES string of the molecule is CCCCCCOc1ccc(C2c3c(-c4ccccc4O)n[nH]c3C(=O)N2C2CCS(=O)(=O)C2)cc1OC. The molecule has 202 valence electrons. The third kappa shape index (κ3) is 4.84. The normalized spacial score (nSPS) is 20.1. The number of rotatable bonds is 10. The van der Waals surface area contributed by atoms with E-state index < -0.39 is 21.9 Å². The maximum Gasteiger partial charge on any atom is 0.273 e. The molecule has 2 N–H and O–H groups in total. The maximum atomic E-state index is 13.7. The van der Waals surface area contributed by atoms with Gasteiger partial charge < -0.3 is 19.5 Å². The van der Waals surface area contributed by atoms with Gasteiger partial charge in [0, 0.05) is 17.2 Å². The summed E-state index contributed by atoms with van der Waals surface area (Å²) in [5.74, 6) is 0.831. The van der Waals surface area contributed by atoms with E-state index in [-0.39, 0.29) is 23.2 Å². The molecule has 1 aromatic heterocycles. The fraction of sp³-hybridized carbons (Fsp3) is 0.429. The first kappa shape index (κ1) is 26.1. The number of ether oxygens (including phenoxy) is 2. The second-order valence-electron chi connectivity index (χ2n) is 9.87. The summed E-state index contributed by atoms with van der Waals surface area (Å²) in [6.07, 6.45) is 4.72. The third-order valence-electron chi connectivity index (χ3n) is 7.32. The number of carbonyl (C=O) groups excluding carboxylic acids is 1. The van der Waals surface area contributed by atoms with Crippen LogP contribution in [0.5, 0.6) is 17.2 Å². The highest BCUT2D eigenvalue weighted by atomic mass is 32.2. The Kier molecular flexibility index (Phi) is 7.34. The molecule has 0 aliphatic carbocycles. The molecule has 2 aliphatic heterocycles. The van der Waals surface area contributed by atoms with Crippen molar-refractivity contribution in [1.29, 1.82) is 0 Å². The molecule has 3 heterocycles. The number of para-hydroxylation sites is 1. The van der Waals surface area contributed by atoms with Crippen molar-refractivity contribution in [3.8, 4) is 28.5 Å². The Hall–Kier alpha value is -3.53. The fourth-order valence-corrected chi connectivity index (χ4v) is 7.14. The number of methoxy groups -OCH3 is 1. The van der Waals surface area contributed by atoms with Gasteiger partial charge in [0.15, 0.2) is 21.3 Å². The van der Waals surface area contributed by atoms with Crippen LogP contribution in [0.25, 0.3) is 11.3 Å². The molecule has 0 radical (unpaired) electrons. The van der Waals surface area contributed by atoms with Gasteiger partial charge in [0.2, 0.25) is 0 Å². The number of aromatic nitrogens is 2. The molecule has 2 atom stereocenters. The molecule has 1 fully saturated rings. The predicted octanol–water partition coefficient (Wildman–Crippen LogP) is 4.48. The van der Waals surface area contributed by atoms with Crippen LogP contribution in [0.15, 0.2) is 42.5 Å². The Morgan fingerprint density at radius 3 is 2.66 bits per heavy atom. The molecule has 0 saturated carbocycles. The minimum atomic E-state index is -3.24. The molecule has 3 aromatic rings. The van der Waals surface area contributed by atoms with Gasteiger partial charge in [0.25, 0.3) is 5.91 Å². The van der Waals surface area contributed by atoms with E-state index in [1.807, 2.05) is 18.2 Å². The Bertz CT molecular complexity index is 1430. The average Bonchev–Trinajstić information content (AvgIpc) is 3.57. The number of carbonyl (C=O) groups is 1. The van der Waals surface area contributed by atoms with Crippen molar-refractivity contribution >= 4 is 15.7 Å². The van der Waals surface area contributed by atoms with E-state index in [0.29, 0.717) is 47.0 Å². The lowest BCUT2D eigenvalue weighted by Gasteiger charge is -2.31. The number of sulfone groups is 1. The summed E-state index contributed by atoms with van der Waals surface area (Å²) in [6, 6.07) is 11.3. The fourth-order valence-electron chi connectivity index (χ4n) is 5.43. The van der Waals surface area contributed by atoms with Crippen LogP contribution < -0.4 is 9.47 Å². The van der Waals surface area contributed by atoms with Gasteiger partial charge in [-0.1, -0.05) is 44.4 Å². The monoisotopic (exact) mass is 539 g/mol. The van der Waals surface area contributed by atoms with Gasteiger partial charge >= 0.3 is 0 Å². The predicted molar refractivity (Wildman–Crippen MR) is 143 cm³/mol. The van der Waals surface area contributed by atoms with E-state index in [4.69, 9.17) is 9.47 Å². The van der Waals surface area contributed by atoms with Crippen molar-refractivity contribution in [2.45, 2.75) is 51.1 Å². The summed E-state index contributed by atoms with van der Waals surface area (Å²) >= 11 is 0. The molecular weight excluding hydrogens is 506 g/mol. The highest BCUT2D eigenvalue weighted by Crippen LogP contribution is 2.47. The molecule has 0 spiro atoms. The molecule has 10 heteroatoms. The van der Waals surface area contributed by atoms with Gasteiger partial charge in [-0.05, 0) is 42.7 Å². The molecule has 5 rings (SSSR count). The largest absolute Gasteiger partial charge is 0.507 e. The van der Waals surface area contributed by atoms with Crippen LogP contribution in [0.1, 0.15) is 66.7 Å². The first-order chi connectivity index (χ1) is 18.3. The highest BCUT2D eigenvalue weighted by molar-refractivity contribution is 7.91. The number of H-pyrrole nitrogens is 1. The number of hydrogen-bond acceptors (Lipinski definition) is 7. The topological polar surface area (TPSA) is 122 Å². The zero-order chi connectivity index (χ0) is 26.9. The molecule has 1 saturated heterocycles. The average molecular weight is 540 g/mol. The Labute approximate surface area is 222 Å². The first-order valence-electron chi connectivity index (χ1n) is 13.0. The van der Waals surface area contributed by atoms with E-state index in [1.54, 1.807) is 36.3 Å². The smallest absolute Gasteiger partial charge is 0.273 e. The van der Waals surface area contributed by atoms with Gasteiger partial charge in [0.1, 0.15) is 17.1 Å². The van der Waals surface area contributed by atoms with E-state index >= 15 is 0 Å². The zero-order valence-corrected chi connectivity index (χ0v) is 22.5. The van der Waals surface area contributed by atoms with Gasteiger partial charge in [-0.25, -0.2) is 8.42 Å². The molecule has 9 nitrogen and oxygen atoms in total. The number of aromatic amines is 1. The lowest BCUT2D eigenvalue weighted by Crippen LogP contribution is -2.40. The molecule has 2 unspecified atom stereocenters. The molecule has 38 heavy (non-hydrogen) atoms. The first-order valence-corrected chi connectivity index (χ1v) is 14.9. The van der Waals surface area contributed by atoms with Crippen LogP contribution in [0.3, 0.4) is 0 Å². The number of fused-ring (bicyclic) bond motifs is 1. The maximum absolute atomic E-state index is 13.7. The molecule has 1 amide bonds.